The molecule has 3 rings (SSSR count). The van der Waals surface area contributed by atoms with Crippen LogP contribution in [0.2, 0.25) is 0 Å². The van der Waals surface area contributed by atoms with E-state index >= 15 is 0 Å². The molecule has 1 atom stereocenters. The highest BCUT2D eigenvalue weighted by Gasteiger charge is 2.26. The van der Waals surface area contributed by atoms with Gasteiger partial charge in [-0.15, -0.1) is 0 Å². The molecule has 1 fully saturated rings. The molecule has 2 heterocycles. The van der Waals surface area contributed by atoms with Gasteiger partial charge in [-0.05, 0) is 69.6 Å². The number of carbonyl (C=O) groups excluding carboxylic acids is 1. The lowest BCUT2D eigenvalue weighted by atomic mass is 10.1. The molecule has 0 saturated carbocycles. The second-order valence-electron chi connectivity index (χ2n) is 8.18. The molecule has 168 valence electrons. The van der Waals surface area contributed by atoms with Crippen LogP contribution in [0.25, 0.3) is 0 Å². The van der Waals surface area contributed by atoms with E-state index in [2.05, 4.69) is 28.5 Å². The van der Waals surface area contributed by atoms with Gasteiger partial charge in [0.25, 0.3) is 5.91 Å². The number of aliphatic imine (C=N–C) groups is 1. The average Bonchev–Trinajstić information content (AvgIpc) is 3.44. The van der Waals surface area contributed by atoms with Gasteiger partial charge in [-0.25, -0.2) is 4.99 Å². The number of amides is 1. The Morgan fingerprint density at radius 3 is 2.42 bits per heavy atom. The highest BCUT2D eigenvalue weighted by Crippen LogP contribution is 2.26. The first kappa shape index (κ1) is 22.9. The molecule has 0 aliphatic carbocycles. The van der Waals surface area contributed by atoms with E-state index in [-0.39, 0.29) is 11.9 Å². The molecule has 1 aromatic carbocycles. The molecule has 2 N–H and O–H groups in total. The van der Waals surface area contributed by atoms with Gasteiger partial charge in [0.1, 0.15) is 11.5 Å². The predicted molar refractivity (Wildman–Crippen MR) is 124 cm³/mol. The quantitative estimate of drug-likeness (QED) is 0.502. The van der Waals surface area contributed by atoms with Crippen LogP contribution in [0, 0.1) is 6.92 Å². The molecule has 1 amide bonds. The summed E-state index contributed by atoms with van der Waals surface area (Å²) in [6, 6.07) is 11.9. The third-order valence-corrected chi connectivity index (χ3v) is 5.50. The molecule has 0 bridgehead atoms. The fraction of sp³-hybridized carbons (Fsp3) is 0.500. The lowest BCUT2D eigenvalue weighted by Gasteiger charge is -2.26. The van der Waals surface area contributed by atoms with E-state index in [1.165, 1.54) is 12.8 Å². The third kappa shape index (κ3) is 6.34. The Bertz CT molecular complexity index is 866. The minimum atomic E-state index is 0.00572. The van der Waals surface area contributed by atoms with E-state index in [9.17, 15) is 4.79 Å². The number of aryl methyl sites for hydroxylation is 1. The largest absolute Gasteiger partial charge is 0.465 e. The van der Waals surface area contributed by atoms with Crippen molar-refractivity contribution in [3.05, 3.63) is 59.0 Å². The van der Waals surface area contributed by atoms with Gasteiger partial charge in [0.05, 0.1) is 12.6 Å². The number of carbonyl (C=O) groups is 1. The number of likely N-dealkylation sites (tertiary alicyclic amines) is 1. The summed E-state index contributed by atoms with van der Waals surface area (Å²) < 4.78 is 5.95. The molecule has 7 heteroatoms. The maximum absolute atomic E-state index is 12.1. The van der Waals surface area contributed by atoms with E-state index in [0.29, 0.717) is 12.1 Å². The molecule has 1 unspecified atom stereocenters. The second-order valence-corrected chi connectivity index (χ2v) is 8.18. The van der Waals surface area contributed by atoms with Crippen molar-refractivity contribution in [3.8, 4) is 0 Å². The number of hydrogen-bond donors (Lipinski definition) is 2. The maximum atomic E-state index is 12.1. The smallest absolute Gasteiger partial charge is 0.253 e. The van der Waals surface area contributed by atoms with Crippen molar-refractivity contribution in [2.24, 2.45) is 4.99 Å². The highest BCUT2D eigenvalue weighted by atomic mass is 16.3. The van der Waals surface area contributed by atoms with Gasteiger partial charge in [-0.2, -0.15) is 0 Å². The van der Waals surface area contributed by atoms with Crippen molar-refractivity contribution in [2.45, 2.75) is 39.3 Å². The number of benzene rings is 1. The van der Waals surface area contributed by atoms with E-state index in [1.54, 1.807) is 19.0 Å². The minimum Gasteiger partial charge on any atom is -0.465 e. The Hall–Kier alpha value is -2.80. The lowest BCUT2D eigenvalue weighted by molar-refractivity contribution is 0.0827. The summed E-state index contributed by atoms with van der Waals surface area (Å²) >= 11 is 0. The van der Waals surface area contributed by atoms with Crippen molar-refractivity contribution in [3.63, 3.8) is 0 Å². The molecule has 0 spiro atoms. The number of hydrogen-bond acceptors (Lipinski definition) is 4. The summed E-state index contributed by atoms with van der Waals surface area (Å²) in [4.78, 5) is 20.9. The van der Waals surface area contributed by atoms with Crippen molar-refractivity contribution in [1.29, 1.82) is 0 Å². The van der Waals surface area contributed by atoms with Crippen LogP contribution in [0.3, 0.4) is 0 Å². The Balaban J connectivity index is 1.65. The first-order chi connectivity index (χ1) is 15.0. The predicted octanol–water partition coefficient (Wildman–Crippen LogP) is 3.18. The second kappa shape index (κ2) is 11.0. The molecule has 7 nitrogen and oxygen atoms in total. The fourth-order valence-electron chi connectivity index (χ4n) is 3.81. The number of furan rings is 1. The summed E-state index contributed by atoms with van der Waals surface area (Å²) in [6.45, 7) is 8.30. The normalized spacial score (nSPS) is 15.7. The van der Waals surface area contributed by atoms with Gasteiger partial charge < -0.3 is 20.0 Å². The molecule has 1 aliphatic rings. The molecule has 1 aliphatic heterocycles. The number of nitrogens with zero attached hydrogens (tertiary/aromatic N) is 3. The Morgan fingerprint density at radius 2 is 1.84 bits per heavy atom. The van der Waals surface area contributed by atoms with Crippen LogP contribution in [0.15, 0.2) is 45.8 Å². The Morgan fingerprint density at radius 1 is 1.13 bits per heavy atom. The standard InChI is InChI=1S/C24H35N5O2/c1-5-25-24(26-16-19-9-11-20(12-10-19)23(30)28(3)4)27-17-21(29-14-6-7-15-29)22-13-8-18(2)31-22/h8-13,21H,5-7,14-17H2,1-4H3,(H2,25,26,27). The van der Waals surface area contributed by atoms with Crippen molar-refractivity contribution in [2.75, 3.05) is 40.3 Å². The summed E-state index contributed by atoms with van der Waals surface area (Å²) in [6.07, 6.45) is 2.47. The maximum Gasteiger partial charge on any atom is 0.253 e. The number of guanidine groups is 1. The SMILES string of the molecule is CCNC(=NCc1ccc(C(=O)N(C)C)cc1)NCC(c1ccc(C)o1)N1CCCC1. The van der Waals surface area contributed by atoms with Crippen LogP contribution in [0.1, 0.15) is 53.2 Å². The third-order valence-electron chi connectivity index (χ3n) is 5.50. The van der Waals surface area contributed by atoms with E-state index < -0.39 is 0 Å². The molecular formula is C24H35N5O2. The number of rotatable bonds is 8. The fourth-order valence-corrected chi connectivity index (χ4v) is 3.81. The highest BCUT2D eigenvalue weighted by molar-refractivity contribution is 5.93. The van der Waals surface area contributed by atoms with Crippen LogP contribution < -0.4 is 10.6 Å². The molecule has 1 saturated heterocycles. The van der Waals surface area contributed by atoms with Crippen LogP contribution in [-0.4, -0.2) is 61.9 Å². The summed E-state index contributed by atoms with van der Waals surface area (Å²) in [5.41, 5.74) is 1.75. The molecule has 1 aromatic heterocycles. The average molecular weight is 426 g/mol. The first-order valence-corrected chi connectivity index (χ1v) is 11.1. The Labute approximate surface area is 185 Å². The van der Waals surface area contributed by atoms with Crippen molar-refractivity contribution in [1.82, 2.24) is 20.4 Å². The van der Waals surface area contributed by atoms with E-state index in [0.717, 1.165) is 49.2 Å². The number of nitrogens with one attached hydrogen (secondary N) is 2. The van der Waals surface area contributed by atoms with Gasteiger partial charge in [0.2, 0.25) is 0 Å². The van der Waals surface area contributed by atoms with Gasteiger partial charge in [0.15, 0.2) is 5.96 Å². The Kier molecular flexibility index (Phi) is 8.12. The zero-order valence-corrected chi connectivity index (χ0v) is 19.1. The van der Waals surface area contributed by atoms with Crippen molar-refractivity contribution < 1.29 is 9.21 Å². The van der Waals surface area contributed by atoms with Crippen LogP contribution in [0.5, 0.6) is 0 Å². The molecular weight excluding hydrogens is 390 g/mol. The summed E-state index contributed by atoms with van der Waals surface area (Å²) in [7, 11) is 3.52. The monoisotopic (exact) mass is 425 g/mol. The van der Waals surface area contributed by atoms with Crippen LogP contribution >= 0.6 is 0 Å². The zero-order valence-electron chi connectivity index (χ0n) is 19.1. The topological polar surface area (TPSA) is 73.1 Å². The zero-order chi connectivity index (χ0) is 22.2. The van der Waals surface area contributed by atoms with Gasteiger partial charge in [-0.3, -0.25) is 9.69 Å². The molecule has 31 heavy (non-hydrogen) atoms. The van der Waals surface area contributed by atoms with Gasteiger partial charge in [0, 0.05) is 32.7 Å². The minimum absolute atomic E-state index is 0.00572. The van der Waals surface area contributed by atoms with Gasteiger partial charge >= 0.3 is 0 Å². The first-order valence-electron chi connectivity index (χ1n) is 11.1. The summed E-state index contributed by atoms with van der Waals surface area (Å²) in [5, 5.41) is 6.83. The van der Waals surface area contributed by atoms with Crippen LogP contribution in [-0.2, 0) is 6.54 Å². The van der Waals surface area contributed by atoms with E-state index in [1.807, 2.05) is 37.3 Å². The lowest BCUT2D eigenvalue weighted by Crippen LogP contribution is -2.42. The van der Waals surface area contributed by atoms with Crippen LogP contribution in [0.4, 0.5) is 0 Å². The molecule has 2 aromatic rings. The van der Waals surface area contributed by atoms with Crippen molar-refractivity contribution >= 4 is 11.9 Å². The summed E-state index contributed by atoms with van der Waals surface area (Å²) in [5.74, 6) is 2.73. The van der Waals surface area contributed by atoms with E-state index in [4.69, 9.17) is 9.41 Å². The van der Waals surface area contributed by atoms with Gasteiger partial charge in [-0.1, -0.05) is 12.1 Å². The molecule has 0 radical (unpaired) electrons.